The van der Waals surface area contributed by atoms with Gasteiger partial charge in [0.15, 0.2) is 5.65 Å². The molecule has 0 saturated heterocycles. The summed E-state index contributed by atoms with van der Waals surface area (Å²) in [6, 6.07) is 17.8. The van der Waals surface area contributed by atoms with Gasteiger partial charge in [0.1, 0.15) is 16.9 Å². The number of nitrogens with zero attached hydrogens (tertiary/aromatic N) is 3. The van der Waals surface area contributed by atoms with E-state index in [1.807, 2.05) is 66.1 Å². The molecule has 2 heterocycles. The molecule has 3 N–H and O–H groups in total. The van der Waals surface area contributed by atoms with Gasteiger partial charge in [-0.25, -0.2) is 9.97 Å². The lowest BCUT2D eigenvalue weighted by Gasteiger charge is -2.14. The lowest BCUT2D eigenvalue weighted by Crippen LogP contribution is -2.33. The van der Waals surface area contributed by atoms with Crippen LogP contribution in [0.1, 0.15) is 56.0 Å². The molecule has 4 aromatic rings. The Kier molecular flexibility index (Phi) is 6.40. The molecule has 1 atom stereocenters. The van der Waals surface area contributed by atoms with E-state index in [4.69, 9.17) is 15.7 Å². The number of carbonyl (C=O) groups is 1. The molecule has 0 aliphatic carbocycles. The highest BCUT2D eigenvalue weighted by Crippen LogP contribution is 2.29. The van der Waals surface area contributed by atoms with Crippen molar-refractivity contribution in [2.24, 2.45) is 5.92 Å². The molecule has 0 radical (unpaired) electrons. The van der Waals surface area contributed by atoms with Gasteiger partial charge in [-0.15, -0.1) is 0 Å². The first-order valence-corrected chi connectivity index (χ1v) is 11.3. The molecular formula is C26H31N5O. The van der Waals surface area contributed by atoms with Crippen LogP contribution < -0.4 is 11.1 Å². The van der Waals surface area contributed by atoms with Crippen LogP contribution in [-0.4, -0.2) is 26.5 Å². The Labute approximate surface area is 188 Å². The summed E-state index contributed by atoms with van der Waals surface area (Å²) in [4.78, 5) is 22.9. The zero-order valence-electron chi connectivity index (χ0n) is 19.0. The van der Waals surface area contributed by atoms with Crippen LogP contribution in [0.15, 0.2) is 54.6 Å². The molecule has 6 heteroatoms. The van der Waals surface area contributed by atoms with Gasteiger partial charge in [-0.1, -0.05) is 69.2 Å². The van der Waals surface area contributed by atoms with Crippen molar-refractivity contribution in [3.8, 4) is 0 Å². The minimum absolute atomic E-state index is 0.0570. The summed E-state index contributed by atoms with van der Waals surface area (Å²) in [6.45, 7) is 7.00. The van der Waals surface area contributed by atoms with Gasteiger partial charge in [0, 0.05) is 6.04 Å². The van der Waals surface area contributed by atoms with E-state index in [2.05, 4.69) is 19.2 Å². The SMILES string of the molecule is CC(C)CCC[C@@H](C)NC(=O)c1c(N)n(Cc2ccccc2)c2nc3ccccc3nc12. The third kappa shape index (κ3) is 4.59. The van der Waals surface area contributed by atoms with E-state index in [1.165, 1.54) is 0 Å². The minimum atomic E-state index is -0.194. The van der Waals surface area contributed by atoms with Gasteiger partial charge in [-0.3, -0.25) is 4.79 Å². The predicted molar refractivity (Wildman–Crippen MR) is 131 cm³/mol. The Morgan fingerprint density at radius 1 is 0.969 bits per heavy atom. The third-order valence-electron chi connectivity index (χ3n) is 5.80. The summed E-state index contributed by atoms with van der Waals surface area (Å²) in [5.74, 6) is 0.861. The second-order valence-corrected chi connectivity index (χ2v) is 8.92. The largest absolute Gasteiger partial charge is 0.384 e. The summed E-state index contributed by atoms with van der Waals surface area (Å²) in [7, 11) is 0. The van der Waals surface area contributed by atoms with Crippen LogP contribution in [0.3, 0.4) is 0 Å². The number of amides is 1. The maximum Gasteiger partial charge on any atom is 0.257 e. The van der Waals surface area contributed by atoms with Crippen molar-refractivity contribution in [2.75, 3.05) is 5.73 Å². The number of carbonyl (C=O) groups excluding carboxylic acids is 1. The van der Waals surface area contributed by atoms with Crippen LogP contribution >= 0.6 is 0 Å². The Balaban J connectivity index is 1.73. The molecule has 0 aliphatic heterocycles. The first kappa shape index (κ1) is 21.8. The number of aromatic nitrogens is 3. The van der Waals surface area contributed by atoms with E-state index < -0.39 is 0 Å². The monoisotopic (exact) mass is 429 g/mol. The topological polar surface area (TPSA) is 85.8 Å². The van der Waals surface area contributed by atoms with Crippen molar-refractivity contribution in [2.45, 2.75) is 52.6 Å². The number of hydrogen-bond acceptors (Lipinski definition) is 4. The summed E-state index contributed by atoms with van der Waals surface area (Å²) < 4.78 is 1.89. The van der Waals surface area contributed by atoms with Gasteiger partial charge in [0.05, 0.1) is 17.6 Å². The standard InChI is InChI=1S/C26H31N5O/c1-17(2)10-9-11-18(3)28-26(32)22-23-25(30-21-15-8-7-14-20(21)29-23)31(24(22)27)16-19-12-5-4-6-13-19/h4-8,12-15,17-18H,9-11,16,27H2,1-3H3,(H,28,32)/t18-/m1/s1. The first-order valence-electron chi connectivity index (χ1n) is 11.3. The van der Waals surface area contributed by atoms with E-state index >= 15 is 0 Å². The number of nitrogens with one attached hydrogen (secondary N) is 1. The van der Waals surface area contributed by atoms with Crippen LogP contribution in [0.25, 0.3) is 22.2 Å². The molecule has 1 amide bonds. The Hall–Kier alpha value is -3.41. The van der Waals surface area contributed by atoms with E-state index in [9.17, 15) is 4.79 Å². The second kappa shape index (κ2) is 9.39. The van der Waals surface area contributed by atoms with E-state index in [0.29, 0.717) is 35.0 Å². The molecule has 2 aromatic heterocycles. The highest BCUT2D eigenvalue weighted by molar-refractivity contribution is 6.10. The molecule has 0 fully saturated rings. The summed E-state index contributed by atoms with van der Waals surface area (Å²) in [5, 5.41) is 3.13. The first-order chi connectivity index (χ1) is 15.4. The average Bonchev–Trinajstić information content (AvgIpc) is 3.03. The van der Waals surface area contributed by atoms with Gasteiger partial charge >= 0.3 is 0 Å². The Bertz CT molecular complexity index is 1230. The summed E-state index contributed by atoms with van der Waals surface area (Å²) in [6.07, 6.45) is 3.16. The fourth-order valence-corrected chi connectivity index (χ4v) is 4.07. The van der Waals surface area contributed by atoms with Crippen molar-refractivity contribution >= 4 is 33.9 Å². The number of nitrogen functional groups attached to an aromatic ring is 1. The minimum Gasteiger partial charge on any atom is -0.384 e. The molecule has 0 saturated carbocycles. The number of benzene rings is 2. The van der Waals surface area contributed by atoms with Gasteiger partial charge in [-0.2, -0.15) is 0 Å². The third-order valence-corrected chi connectivity index (χ3v) is 5.80. The lowest BCUT2D eigenvalue weighted by molar-refractivity contribution is 0.0940. The number of fused-ring (bicyclic) bond motifs is 2. The van der Waals surface area contributed by atoms with Crippen LogP contribution in [0.2, 0.25) is 0 Å². The van der Waals surface area contributed by atoms with Crippen molar-refractivity contribution in [3.05, 3.63) is 65.7 Å². The number of para-hydroxylation sites is 2. The smallest absolute Gasteiger partial charge is 0.257 e. The number of hydrogen-bond donors (Lipinski definition) is 2. The van der Waals surface area contributed by atoms with Gasteiger partial charge in [-0.05, 0) is 37.0 Å². The van der Waals surface area contributed by atoms with E-state index in [0.717, 1.165) is 35.9 Å². The molecule has 0 spiro atoms. The maximum atomic E-state index is 13.3. The number of nitrogens with two attached hydrogens (primary N) is 1. The highest BCUT2D eigenvalue weighted by Gasteiger charge is 2.25. The maximum absolute atomic E-state index is 13.3. The second-order valence-electron chi connectivity index (χ2n) is 8.92. The van der Waals surface area contributed by atoms with E-state index in [-0.39, 0.29) is 11.9 Å². The molecule has 6 nitrogen and oxygen atoms in total. The molecule has 166 valence electrons. The molecule has 0 bridgehead atoms. The van der Waals surface area contributed by atoms with Crippen LogP contribution in [0, 0.1) is 5.92 Å². The zero-order chi connectivity index (χ0) is 22.7. The molecular weight excluding hydrogens is 398 g/mol. The predicted octanol–water partition coefficient (Wildman–Crippen LogP) is 5.16. The normalized spacial score (nSPS) is 12.5. The Morgan fingerprint density at radius 3 is 2.31 bits per heavy atom. The Morgan fingerprint density at radius 2 is 1.62 bits per heavy atom. The number of rotatable bonds is 8. The summed E-state index contributed by atoms with van der Waals surface area (Å²) in [5.41, 5.74) is 10.8. The van der Waals surface area contributed by atoms with Gasteiger partial charge in [0.2, 0.25) is 0 Å². The number of anilines is 1. The molecule has 0 unspecified atom stereocenters. The molecule has 2 aromatic carbocycles. The van der Waals surface area contributed by atoms with Gasteiger partial charge in [0.25, 0.3) is 5.91 Å². The van der Waals surface area contributed by atoms with Crippen molar-refractivity contribution in [1.82, 2.24) is 19.9 Å². The van der Waals surface area contributed by atoms with Crippen LogP contribution in [0.4, 0.5) is 5.82 Å². The van der Waals surface area contributed by atoms with Crippen LogP contribution in [0.5, 0.6) is 0 Å². The van der Waals surface area contributed by atoms with Crippen molar-refractivity contribution in [1.29, 1.82) is 0 Å². The average molecular weight is 430 g/mol. The highest BCUT2D eigenvalue weighted by atomic mass is 16.1. The zero-order valence-corrected chi connectivity index (χ0v) is 19.0. The van der Waals surface area contributed by atoms with E-state index in [1.54, 1.807) is 0 Å². The molecule has 32 heavy (non-hydrogen) atoms. The van der Waals surface area contributed by atoms with Gasteiger partial charge < -0.3 is 15.6 Å². The van der Waals surface area contributed by atoms with Crippen LogP contribution in [-0.2, 0) is 6.54 Å². The van der Waals surface area contributed by atoms with Crippen molar-refractivity contribution < 1.29 is 4.79 Å². The van der Waals surface area contributed by atoms with Crippen molar-refractivity contribution in [3.63, 3.8) is 0 Å². The quantitative estimate of drug-likeness (QED) is 0.405. The fraction of sp³-hybridized carbons (Fsp3) is 0.346. The molecule has 0 aliphatic rings. The fourth-order valence-electron chi connectivity index (χ4n) is 4.07. The summed E-state index contributed by atoms with van der Waals surface area (Å²) >= 11 is 0. The lowest BCUT2D eigenvalue weighted by atomic mass is 10.0. The molecule has 4 rings (SSSR count).